The lowest BCUT2D eigenvalue weighted by Gasteiger charge is -2.18. The van der Waals surface area contributed by atoms with Gasteiger partial charge in [-0.2, -0.15) is 0 Å². The molecule has 0 heterocycles. The molecule has 0 aliphatic heterocycles. The number of unbranched alkanes of at least 4 members (excludes halogenated alkanes) is 1. The Morgan fingerprint density at radius 3 is 2.48 bits per heavy atom. The van der Waals surface area contributed by atoms with Crippen molar-refractivity contribution < 1.29 is 14.3 Å². The van der Waals surface area contributed by atoms with E-state index in [1.807, 2.05) is 30.3 Å². The molecule has 0 aromatic heterocycles. The molecule has 0 fully saturated rings. The predicted octanol–water partition coefficient (Wildman–Crippen LogP) is 4.15. The molecule has 2 rings (SSSR count). The van der Waals surface area contributed by atoms with E-state index in [2.05, 4.69) is 6.92 Å². The van der Waals surface area contributed by atoms with Gasteiger partial charge in [0, 0.05) is 18.3 Å². The maximum absolute atomic E-state index is 12.6. The van der Waals surface area contributed by atoms with Gasteiger partial charge in [0.25, 0.3) is 5.91 Å². The lowest BCUT2D eigenvalue weighted by molar-refractivity contribution is 0.0992. The molecular weight excluding hydrogens is 290 g/mol. The molecule has 0 saturated carbocycles. The van der Waals surface area contributed by atoms with Crippen molar-refractivity contribution in [1.82, 2.24) is 0 Å². The predicted molar refractivity (Wildman–Crippen MR) is 92.6 cm³/mol. The molecule has 0 N–H and O–H groups in total. The van der Waals surface area contributed by atoms with Crippen LogP contribution in [0.2, 0.25) is 0 Å². The topological polar surface area (TPSA) is 38.8 Å². The van der Waals surface area contributed by atoms with Crippen LogP contribution in [0.5, 0.6) is 11.5 Å². The molecule has 1 amide bonds. The van der Waals surface area contributed by atoms with E-state index >= 15 is 0 Å². The summed E-state index contributed by atoms with van der Waals surface area (Å²) in [5, 5.41) is 0. The number of amides is 1. The van der Waals surface area contributed by atoms with E-state index < -0.39 is 0 Å². The average molecular weight is 313 g/mol. The van der Waals surface area contributed by atoms with Crippen LogP contribution in [0, 0.1) is 0 Å². The van der Waals surface area contributed by atoms with Crippen molar-refractivity contribution in [3.8, 4) is 11.5 Å². The summed E-state index contributed by atoms with van der Waals surface area (Å²) < 4.78 is 11.1. The van der Waals surface area contributed by atoms with Crippen LogP contribution in [0.3, 0.4) is 0 Å². The third-order valence-electron chi connectivity index (χ3n) is 3.61. The van der Waals surface area contributed by atoms with Gasteiger partial charge in [-0.3, -0.25) is 4.79 Å². The number of carbonyl (C=O) groups is 1. The lowest BCUT2D eigenvalue weighted by atomic mass is 10.1. The molecule has 0 spiro atoms. The Morgan fingerprint density at radius 2 is 1.83 bits per heavy atom. The highest BCUT2D eigenvalue weighted by Crippen LogP contribution is 2.29. The minimum absolute atomic E-state index is 0.0883. The van der Waals surface area contributed by atoms with Gasteiger partial charge in [-0.05, 0) is 36.8 Å². The fourth-order valence-electron chi connectivity index (χ4n) is 2.21. The van der Waals surface area contributed by atoms with Crippen molar-refractivity contribution in [3.63, 3.8) is 0 Å². The van der Waals surface area contributed by atoms with Crippen molar-refractivity contribution in [1.29, 1.82) is 0 Å². The van der Waals surface area contributed by atoms with Gasteiger partial charge in [-0.25, -0.2) is 0 Å². The molecule has 0 radical (unpaired) electrons. The summed E-state index contributed by atoms with van der Waals surface area (Å²) in [7, 11) is 3.34. The number of benzene rings is 2. The number of hydrogen-bond donors (Lipinski definition) is 0. The molecule has 0 saturated heterocycles. The van der Waals surface area contributed by atoms with E-state index in [1.165, 1.54) is 0 Å². The van der Waals surface area contributed by atoms with Gasteiger partial charge < -0.3 is 14.4 Å². The van der Waals surface area contributed by atoms with Crippen molar-refractivity contribution >= 4 is 11.6 Å². The van der Waals surface area contributed by atoms with Crippen LogP contribution in [0.25, 0.3) is 0 Å². The van der Waals surface area contributed by atoms with Crippen molar-refractivity contribution in [3.05, 3.63) is 54.1 Å². The second-order valence-corrected chi connectivity index (χ2v) is 5.27. The van der Waals surface area contributed by atoms with Crippen LogP contribution < -0.4 is 14.4 Å². The number of anilines is 1. The summed E-state index contributed by atoms with van der Waals surface area (Å²) in [6.07, 6.45) is 2.06. The van der Waals surface area contributed by atoms with E-state index in [4.69, 9.17) is 9.47 Å². The summed E-state index contributed by atoms with van der Waals surface area (Å²) in [6, 6.07) is 14.8. The average Bonchev–Trinajstić information content (AvgIpc) is 2.61. The highest BCUT2D eigenvalue weighted by Gasteiger charge is 2.16. The highest BCUT2D eigenvalue weighted by atomic mass is 16.5. The molecule has 0 unspecified atom stereocenters. The molecule has 122 valence electrons. The van der Waals surface area contributed by atoms with Crippen LogP contribution in [0.15, 0.2) is 48.5 Å². The largest absolute Gasteiger partial charge is 0.493 e. The molecule has 23 heavy (non-hydrogen) atoms. The van der Waals surface area contributed by atoms with Crippen LogP contribution >= 0.6 is 0 Å². The van der Waals surface area contributed by atoms with Gasteiger partial charge in [0.2, 0.25) is 0 Å². The molecule has 2 aromatic carbocycles. The zero-order valence-electron chi connectivity index (χ0n) is 13.9. The Morgan fingerprint density at radius 1 is 1.09 bits per heavy atom. The van der Waals surface area contributed by atoms with E-state index in [-0.39, 0.29) is 5.91 Å². The number of nitrogens with zero attached hydrogens (tertiary/aromatic N) is 1. The lowest BCUT2D eigenvalue weighted by Crippen LogP contribution is -2.26. The Bertz CT molecular complexity index is 640. The number of para-hydroxylation sites is 1. The number of ether oxygens (including phenoxy) is 2. The Labute approximate surface area is 137 Å². The molecule has 2 aromatic rings. The molecule has 0 atom stereocenters. The van der Waals surface area contributed by atoms with Crippen LogP contribution in [-0.2, 0) is 0 Å². The Kier molecular flexibility index (Phi) is 6.03. The van der Waals surface area contributed by atoms with E-state index in [9.17, 15) is 4.79 Å². The number of carbonyl (C=O) groups excluding carboxylic acids is 1. The first-order valence-electron chi connectivity index (χ1n) is 7.81. The first-order valence-corrected chi connectivity index (χ1v) is 7.81. The minimum atomic E-state index is -0.0883. The molecule has 0 aliphatic carbocycles. The summed E-state index contributed by atoms with van der Waals surface area (Å²) in [4.78, 5) is 14.2. The third kappa shape index (κ3) is 4.25. The second kappa shape index (κ2) is 8.22. The second-order valence-electron chi connectivity index (χ2n) is 5.27. The van der Waals surface area contributed by atoms with Crippen LogP contribution in [0.1, 0.15) is 30.1 Å². The van der Waals surface area contributed by atoms with Gasteiger partial charge in [-0.15, -0.1) is 0 Å². The van der Waals surface area contributed by atoms with Gasteiger partial charge in [0.15, 0.2) is 11.5 Å². The maximum Gasteiger partial charge on any atom is 0.258 e. The van der Waals surface area contributed by atoms with Gasteiger partial charge in [-0.1, -0.05) is 31.5 Å². The summed E-state index contributed by atoms with van der Waals surface area (Å²) in [5.74, 6) is 1.16. The fourth-order valence-corrected chi connectivity index (χ4v) is 2.21. The summed E-state index contributed by atoms with van der Waals surface area (Å²) in [6.45, 7) is 2.76. The fraction of sp³-hybridized carbons (Fsp3) is 0.316. The first-order chi connectivity index (χ1) is 11.2. The number of rotatable bonds is 7. The van der Waals surface area contributed by atoms with Crippen molar-refractivity contribution in [2.75, 3.05) is 25.7 Å². The molecule has 0 aliphatic rings. The molecule has 4 nitrogen and oxygen atoms in total. The molecular formula is C19H23NO3. The Balaban J connectivity index is 2.17. The SMILES string of the molecule is CCCCOc1ccc(C(=O)N(C)c2ccccc2)cc1OC. The quantitative estimate of drug-likeness (QED) is 0.721. The minimum Gasteiger partial charge on any atom is -0.493 e. The highest BCUT2D eigenvalue weighted by molar-refractivity contribution is 6.06. The summed E-state index contributed by atoms with van der Waals surface area (Å²) in [5.41, 5.74) is 1.41. The van der Waals surface area contributed by atoms with Crippen molar-refractivity contribution in [2.45, 2.75) is 19.8 Å². The van der Waals surface area contributed by atoms with E-state index in [0.717, 1.165) is 18.5 Å². The number of hydrogen-bond acceptors (Lipinski definition) is 3. The van der Waals surface area contributed by atoms with Gasteiger partial charge in [0.1, 0.15) is 0 Å². The maximum atomic E-state index is 12.6. The molecule has 0 bridgehead atoms. The summed E-state index contributed by atoms with van der Waals surface area (Å²) >= 11 is 0. The van der Waals surface area contributed by atoms with E-state index in [1.54, 1.807) is 37.3 Å². The normalized spacial score (nSPS) is 10.2. The van der Waals surface area contributed by atoms with Crippen molar-refractivity contribution in [2.24, 2.45) is 0 Å². The molecule has 4 heteroatoms. The smallest absolute Gasteiger partial charge is 0.258 e. The first kappa shape index (κ1) is 16.9. The van der Waals surface area contributed by atoms with Crippen LogP contribution in [-0.4, -0.2) is 26.7 Å². The zero-order valence-corrected chi connectivity index (χ0v) is 13.9. The third-order valence-corrected chi connectivity index (χ3v) is 3.61. The number of methoxy groups -OCH3 is 1. The van der Waals surface area contributed by atoms with Crippen LogP contribution in [0.4, 0.5) is 5.69 Å². The standard InChI is InChI=1S/C19H23NO3/c1-4-5-13-23-17-12-11-15(14-18(17)22-3)19(21)20(2)16-9-7-6-8-10-16/h6-12,14H,4-5,13H2,1-3H3. The monoisotopic (exact) mass is 313 g/mol. The zero-order chi connectivity index (χ0) is 16.7. The Hall–Kier alpha value is -2.49. The van der Waals surface area contributed by atoms with E-state index in [0.29, 0.717) is 23.7 Å². The van der Waals surface area contributed by atoms with Gasteiger partial charge >= 0.3 is 0 Å². The van der Waals surface area contributed by atoms with Gasteiger partial charge in [0.05, 0.1) is 13.7 Å².